The van der Waals surface area contributed by atoms with Crippen molar-refractivity contribution in [2.24, 2.45) is 5.92 Å². The number of sulfonamides is 1. The Morgan fingerprint density at radius 3 is 2.70 bits per heavy atom. The molecule has 1 heterocycles. The average Bonchev–Trinajstić information content (AvgIpc) is 3.21. The van der Waals surface area contributed by atoms with E-state index in [9.17, 15) is 13.2 Å². The van der Waals surface area contributed by atoms with E-state index < -0.39 is 22.0 Å². The van der Waals surface area contributed by atoms with E-state index in [-0.39, 0.29) is 4.90 Å². The highest BCUT2D eigenvalue weighted by Crippen LogP contribution is 2.28. The van der Waals surface area contributed by atoms with E-state index in [2.05, 4.69) is 15.0 Å². The van der Waals surface area contributed by atoms with Crippen LogP contribution >= 0.6 is 0 Å². The summed E-state index contributed by atoms with van der Waals surface area (Å²) in [5.41, 5.74) is 0. The van der Waals surface area contributed by atoms with E-state index in [4.69, 9.17) is 5.11 Å². The summed E-state index contributed by atoms with van der Waals surface area (Å²) in [4.78, 5) is 14.7. The van der Waals surface area contributed by atoms with Crippen molar-refractivity contribution >= 4 is 21.8 Å². The summed E-state index contributed by atoms with van der Waals surface area (Å²) in [6.07, 6.45) is 3.35. The predicted octanol–water partition coefficient (Wildman–Crippen LogP) is 0.655. The van der Waals surface area contributed by atoms with Gasteiger partial charge in [-0.2, -0.15) is 0 Å². The lowest BCUT2D eigenvalue weighted by molar-refractivity contribution is -0.137. The minimum absolute atomic E-state index is 0.0756. The van der Waals surface area contributed by atoms with Crippen molar-refractivity contribution in [1.29, 1.82) is 0 Å². The highest BCUT2D eigenvalue weighted by molar-refractivity contribution is 7.89. The predicted molar refractivity (Wildman–Crippen MR) is 72.9 cm³/mol. The fraction of sp³-hybridized carbons (Fsp3) is 0.500. The first-order valence-corrected chi connectivity index (χ1v) is 7.82. The zero-order valence-corrected chi connectivity index (χ0v) is 11.9. The lowest BCUT2D eigenvalue weighted by Gasteiger charge is -2.10. The number of pyridine rings is 1. The van der Waals surface area contributed by atoms with Crippen molar-refractivity contribution in [3.63, 3.8) is 0 Å². The molecule has 1 aromatic rings. The highest BCUT2D eigenvalue weighted by Gasteiger charge is 2.24. The van der Waals surface area contributed by atoms with Crippen molar-refractivity contribution in [2.75, 3.05) is 11.9 Å². The highest BCUT2D eigenvalue weighted by atomic mass is 32.2. The monoisotopic (exact) mass is 299 g/mol. The number of aliphatic carboxylic acids is 1. The molecular weight excluding hydrogens is 282 g/mol. The van der Waals surface area contributed by atoms with Gasteiger partial charge in [0.1, 0.15) is 16.8 Å². The molecule has 7 nitrogen and oxygen atoms in total. The Hall–Kier alpha value is -1.67. The van der Waals surface area contributed by atoms with Gasteiger partial charge in [-0.1, -0.05) is 0 Å². The van der Waals surface area contributed by atoms with Gasteiger partial charge in [0.25, 0.3) is 0 Å². The molecule has 0 unspecified atom stereocenters. The number of carbonyl (C=O) groups is 1. The Kier molecular flexibility index (Phi) is 4.24. The van der Waals surface area contributed by atoms with Gasteiger partial charge in [0.05, 0.1) is 0 Å². The lowest BCUT2D eigenvalue weighted by Crippen LogP contribution is -2.27. The van der Waals surface area contributed by atoms with Crippen LogP contribution in [0.15, 0.2) is 23.2 Å². The van der Waals surface area contributed by atoms with Crippen LogP contribution in [0, 0.1) is 5.92 Å². The third-order valence-corrected chi connectivity index (χ3v) is 4.45. The Morgan fingerprint density at radius 2 is 2.20 bits per heavy atom. The first-order valence-electron chi connectivity index (χ1n) is 6.33. The molecule has 1 aliphatic carbocycles. The first-order chi connectivity index (χ1) is 9.38. The maximum absolute atomic E-state index is 11.9. The van der Waals surface area contributed by atoms with Gasteiger partial charge in [-0.05, 0) is 37.8 Å². The molecule has 110 valence electrons. The van der Waals surface area contributed by atoms with Crippen molar-refractivity contribution in [3.8, 4) is 0 Å². The molecule has 20 heavy (non-hydrogen) atoms. The minimum atomic E-state index is -3.53. The van der Waals surface area contributed by atoms with Crippen LogP contribution in [0.4, 0.5) is 5.82 Å². The lowest BCUT2D eigenvalue weighted by atomic mass is 10.3. The van der Waals surface area contributed by atoms with Gasteiger partial charge in [-0.15, -0.1) is 0 Å². The van der Waals surface area contributed by atoms with Crippen molar-refractivity contribution in [3.05, 3.63) is 18.3 Å². The molecule has 0 spiro atoms. The van der Waals surface area contributed by atoms with Crippen LogP contribution in [0.2, 0.25) is 0 Å². The molecule has 3 N–H and O–H groups in total. The minimum Gasteiger partial charge on any atom is -0.480 e. The zero-order chi connectivity index (χ0) is 14.8. The van der Waals surface area contributed by atoms with Crippen LogP contribution in [0.25, 0.3) is 0 Å². The van der Waals surface area contributed by atoms with Crippen molar-refractivity contribution in [2.45, 2.75) is 30.7 Å². The van der Waals surface area contributed by atoms with Crippen LogP contribution in [0.1, 0.15) is 19.8 Å². The van der Waals surface area contributed by atoms with Crippen LogP contribution in [-0.2, 0) is 14.8 Å². The summed E-state index contributed by atoms with van der Waals surface area (Å²) < 4.78 is 26.4. The topological polar surface area (TPSA) is 108 Å². The fourth-order valence-electron chi connectivity index (χ4n) is 1.54. The maximum atomic E-state index is 11.9. The Bertz CT molecular complexity index is 581. The molecule has 1 fully saturated rings. The van der Waals surface area contributed by atoms with Crippen molar-refractivity contribution < 1.29 is 18.3 Å². The van der Waals surface area contributed by atoms with Crippen LogP contribution in [-0.4, -0.2) is 37.1 Å². The van der Waals surface area contributed by atoms with Gasteiger partial charge in [-0.3, -0.25) is 4.79 Å². The van der Waals surface area contributed by atoms with E-state index in [1.165, 1.54) is 25.3 Å². The van der Waals surface area contributed by atoms with Gasteiger partial charge in [0, 0.05) is 12.7 Å². The SMILES string of the molecule is C[C@@H](Nc1ccc(S(=O)(=O)NCC2CC2)cn1)C(=O)O. The second kappa shape index (κ2) is 5.76. The van der Waals surface area contributed by atoms with Crippen LogP contribution < -0.4 is 10.0 Å². The van der Waals surface area contributed by atoms with E-state index in [1.807, 2.05) is 0 Å². The molecule has 0 aliphatic heterocycles. The maximum Gasteiger partial charge on any atom is 0.325 e. The van der Waals surface area contributed by atoms with Crippen LogP contribution in [0.3, 0.4) is 0 Å². The number of aromatic nitrogens is 1. The van der Waals surface area contributed by atoms with Gasteiger partial charge < -0.3 is 10.4 Å². The molecular formula is C12H17N3O4S. The summed E-state index contributed by atoms with van der Waals surface area (Å²) in [5, 5.41) is 11.4. The van der Waals surface area contributed by atoms with E-state index >= 15 is 0 Å². The van der Waals surface area contributed by atoms with E-state index in [0.29, 0.717) is 18.3 Å². The molecule has 1 aliphatic rings. The molecule has 0 saturated heterocycles. The van der Waals surface area contributed by atoms with Crippen molar-refractivity contribution in [1.82, 2.24) is 9.71 Å². The second-order valence-electron chi connectivity index (χ2n) is 4.88. The number of carboxylic acids is 1. The quantitative estimate of drug-likeness (QED) is 0.682. The Morgan fingerprint density at radius 1 is 1.50 bits per heavy atom. The normalized spacial score (nSPS) is 16.6. The number of rotatable bonds is 7. The molecule has 0 bridgehead atoms. The van der Waals surface area contributed by atoms with Gasteiger partial charge in [0.15, 0.2) is 0 Å². The number of carboxylic acid groups (broad SMARTS) is 1. The largest absolute Gasteiger partial charge is 0.480 e. The van der Waals surface area contributed by atoms with E-state index in [1.54, 1.807) is 0 Å². The summed E-state index contributed by atoms with van der Waals surface area (Å²) in [6, 6.07) is 2.06. The number of hydrogen-bond acceptors (Lipinski definition) is 5. The molecule has 1 aromatic heterocycles. The summed E-state index contributed by atoms with van der Waals surface area (Å²) in [5.74, 6) is -0.231. The summed E-state index contributed by atoms with van der Waals surface area (Å²) in [6.45, 7) is 1.93. The molecule has 0 aromatic carbocycles. The van der Waals surface area contributed by atoms with Gasteiger partial charge in [0.2, 0.25) is 10.0 Å². The third-order valence-electron chi connectivity index (χ3n) is 3.04. The molecule has 0 radical (unpaired) electrons. The van der Waals surface area contributed by atoms with Gasteiger partial charge >= 0.3 is 5.97 Å². The van der Waals surface area contributed by atoms with Crippen LogP contribution in [0.5, 0.6) is 0 Å². The molecule has 8 heteroatoms. The Labute approximate surface area is 117 Å². The number of anilines is 1. The van der Waals surface area contributed by atoms with Gasteiger partial charge in [-0.25, -0.2) is 18.1 Å². The smallest absolute Gasteiger partial charge is 0.325 e. The number of nitrogens with zero attached hydrogens (tertiary/aromatic N) is 1. The molecule has 1 saturated carbocycles. The summed E-state index contributed by atoms with van der Waals surface area (Å²) in [7, 11) is -3.53. The number of nitrogens with one attached hydrogen (secondary N) is 2. The first kappa shape index (κ1) is 14.7. The standard InChI is InChI=1S/C12H17N3O4S/c1-8(12(16)17)15-11-5-4-10(7-13-11)20(18,19)14-6-9-2-3-9/h4-5,7-9,14H,2-3,6H2,1H3,(H,13,15)(H,16,17)/t8-/m1/s1. The second-order valence-corrected chi connectivity index (χ2v) is 6.65. The Balaban J connectivity index is 2.01. The zero-order valence-electron chi connectivity index (χ0n) is 11.0. The third kappa shape index (κ3) is 3.91. The molecule has 0 amide bonds. The number of hydrogen-bond donors (Lipinski definition) is 3. The molecule has 2 rings (SSSR count). The van der Waals surface area contributed by atoms with E-state index in [0.717, 1.165) is 12.8 Å². The fourth-order valence-corrected chi connectivity index (χ4v) is 2.60. The summed E-state index contributed by atoms with van der Waals surface area (Å²) >= 11 is 0. The average molecular weight is 299 g/mol. The molecule has 1 atom stereocenters.